The van der Waals surface area contributed by atoms with Crippen LogP contribution >= 0.6 is 0 Å². The molecule has 0 spiro atoms. The van der Waals surface area contributed by atoms with Gasteiger partial charge in [0.2, 0.25) is 5.91 Å². The number of ether oxygens (including phenoxy) is 1. The van der Waals surface area contributed by atoms with E-state index in [9.17, 15) is 4.79 Å². The van der Waals surface area contributed by atoms with E-state index in [4.69, 9.17) is 4.74 Å². The van der Waals surface area contributed by atoms with Crippen molar-refractivity contribution in [1.29, 1.82) is 0 Å². The maximum atomic E-state index is 12.7. The second-order valence-electron chi connectivity index (χ2n) is 5.86. The number of carbonyl (C=O) groups excluding carboxylic acids is 1. The highest BCUT2D eigenvalue weighted by molar-refractivity contribution is 5.82. The van der Waals surface area contributed by atoms with Crippen LogP contribution in [-0.2, 0) is 4.79 Å². The van der Waals surface area contributed by atoms with Gasteiger partial charge in [-0.3, -0.25) is 9.78 Å². The Morgan fingerprint density at radius 3 is 2.52 bits per heavy atom. The van der Waals surface area contributed by atoms with E-state index in [1.165, 1.54) is 0 Å². The van der Waals surface area contributed by atoms with Crippen molar-refractivity contribution in [3.8, 4) is 5.75 Å². The van der Waals surface area contributed by atoms with Crippen LogP contribution in [0.4, 0.5) is 0 Å². The standard InChI is InChI=1S/C19H22N2O2/c1-3-21(19(22)15-6-7-15)18(16-5-4-12-20-13-16)14-8-10-17(23-2)11-9-14/h4-5,8-13,15,18H,3,6-7H2,1-2H3. The molecule has 1 aliphatic carbocycles. The topological polar surface area (TPSA) is 42.4 Å². The number of carbonyl (C=O) groups is 1. The predicted molar refractivity (Wildman–Crippen MR) is 89.2 cm³/mol. The summed E-state index contributed by atoms with van der Waals surface area (Å²) < 4.78 is 5.24. The summed E-state index contributed by atoms with van der Waals surface area (Å²) in [7, 11) is 1.66. The maximum absolute atomic E-state index is 12.7. The molecule has 1 atom stereocenters. The number of pyridine rings is 1. The van der Waals surface area contributed by atoms with Gasteiger partial charge in [-0.25, -0.2) is 0 Å². The summed E-state index contributed by atoms with van der Waals surface area (Å²) in [6, 6.07) is 11.8. The predicted octanol–water partition coefficient (Wildman–Crippen LogP) is 3.44. The number of nitrogens with zero attached hydrogens (tertiary/aromatic N) is 2. The fraction of sp³-hybridized carbons (Fsp3) is 0.368. The Morgan fingerprint density at radius 2 is 2.00 bits per heavy atom. The molecule has 1 aromatic heterocycles. The largest absolute Gasteiger partial charge is 0.497 e. The van der Waals surface area contributed by atoms with Crippen molar-refractivity contribution in [3.05, 3.63) is 59.9 Å². The molecule has 1 aliphatic rings. The van der Waals surface area contributed by atoms with Crippen molar-refractivity contribution < 1.29 is 9.53 Å². The van der Waals surface area contributed by atoms with E-state index >= 15 is 0 Å². The minimum atomic E-state index is -0.104. The number of aromatic nitrogens is 1. The summed E-state index contributed by atoms with van der Waals surface area (Å²) in [6.07, 6.45) is 5.63. The Morgan fingerprint density at radius 1 is 1.26 bits per heavy atom. The molecule has 2 aromatic rings. The van der Waals surface area contributed by atoms with Crippen LogP contribution in [-0.4, -0.2) is 29.4 Å². The molecule has 1 unspecified atom stereocenters. The van der Waals surface area contributed by atoms with E-state index in [2.05, 4.69) is 4.98 Å². The lowest BCUT2D eigenvalue weighted by Crippen LogP contribution is -2.36. The van der Waals surface area contributed by atoms with Crippen molar-refractivity contribution in [2.24, 2.45) is 5.92 Å². The number of methoxy groups -OCH3 is 1. The molecule has 1 heterocycles. The Hall–Kier alpha value is -2.36. The lowest BCUT2D eigenvalue weighted by Gasteiger charge is -2.32. The smallest absolute Gasteiger partial charge is 0.226 e. The van der Waals surface area contributed by atoms with Crippen LogP contribution in [0.15, 0.2) is 48.8 Å². The van der Waals surface area contributed by atoms with Gasteiger partial charge in [0, 0.05) is 24.9 Å². The average Bonchev–Trinajstić information content (AvgIpc) is 3.45. The summed E-state index contributed by atoms with van der Waals surface area (Å²) in [5.74, 6) is 1.26. The molecule has 0 N–H and O–H groups in total. The van der Waals surface area contributed by atoms with Crippen LogP contribution in [0, 0.1) is 5.92 Å². The Kier molecular flexibility index (Phi) is 4.60. The first kappa shape index (κ1) is 15.5. The first-order valence-electron chi connectivity index (χ1n) is 8.09. The van der Waals surface area contributed by atoms with E-state index in [0.29, 0.717) is 6.54 Å². The number of hydrogen-bond acceptors (Lipinski definition) is 3. The SMILES string of the molecule is CCN(C(=O)C1CC1)C(c1ccc(OC)cc1)c1cccnc1. The summed E-state index contributed by atoms with van der Waals surface area (Å²) in [6.45, 7) is 2.72. The minimum Gasteiger partial charge on any atom is -0.497 e. The fourth-order valence-corrected chi connectivity index (χ4v) is 2.91. The molecule has 0 radical (unpaired) electrons. The molecule has 4 heteroatoms. The summed E-state index contributed by atoms with van der Waals surface area (Å²) >= 11 is 0. The molecule has 1 saturated carbocycles. The maximum Gasteiger partial charge on any atom is 0.226 e. The molecule has 1 fully saturated rings. The normalized spacial score (nSPS) is 15.0. The highest BCUT2D eigenvalue weighted by Crippen LogP contribution is 2.36. The van der Waals surface area contributed by atoms with Gasteiger partial charge in [-0.05, 0) is 49.1 Å². The van der Waals surface area contributed by atoms with E-state index in [1.807, 2.05) is 54.4 Å². The third-order valence-corrected chi connectivity index (χ3v) is 4.29. The number of amides is 1. The molecule has 0 saturated heterocycles. The van der Waals surface area contributed by atoms with E-state index in [-0.39, 0.29) is 17.9 Å². The summed E-state index contributed by atoms with van der Waals surface area (Å²) in [5, 5.41) is 0. The second kappa shape index (κ2) is 6.82. The fourth-order valence-electron chi connectivity index (χ4n) is 2.91. The zero-order valence-corrected chi connectivity index (χ0v) is 13.6. The third-order valence-electron chi connectivity index (χ3n) is 4.29. The summed E-state index contributed by atoms with van der Waals surface area (Å²) in [4.78, 5) is 18.9. The van der Waals surface area contributed by atoms with Crippen molar-refractivity contribution in [2.45, 2.75) is 25.8 Å². The van der Waals surface area contributed by atoms with Crippen LogP contribution in [0.3, 0.4) is 0 Å². The van der Waals surface area contributed by atoms with E-state index < -0.39 is 0 Å². The zero-order chi connectivity index (χ0) is 16.2. The Balaban J connectivity index is 1.99. The Bertz CT molecular complexity index is 651. The van der Waals surface area contributed by atoms with Crippen LogP contribution < -0.4 is 4.74 Å². The number of hydrogen-bond donors (Lipinski definition) is 0. The minimum absolute atomic E-state index is 0.104. The molecule has 0 aliphatic heterocycles. The van der Waals surface area contributed by atoms with Crippen molar-refractivity contribution in [3.63, 3.8) is 0 Å². The quantitative estimate of drug-likeness (QED) is 0.821. The highest BCUT2D eigenvalue weighted by Gasteiger charge is 2.36. The zero-order valence-electron chi connectivity index (χ0n) is 13.6. The van der Waals surface area contributed by atoms with Gasteiger partial charge in [0.25, 0.3) is 0 Å². The van der Waals surface area contributed by atoms with Crippen molar-refractivity contribution in [1.82, 2.24) is 9.88 Å². The molecule has 1 aromatic carbocycles. The lowest BCUT2D eigenvalue weighted by molar-refractivity contribution is -0.134. The van der Waals surface area contributed by atoms with Gasteiger partial charge in [-0.15, -0.1) is 0 Å². The average molecular weight is 310 g/mol. The van der Waals surface area contributed by atoms with Gasteiger partial charge in [-0.2, -0.15) is 0 Å². The molecule has 120 valence electrons. The van der Waals surface area contributed by atoms with Gasteiger partial charge < -0.3 is 9.64 Å². The molecule has 4 nitrogen and oxygen atoms in total. The number of benzene rings is 1. The van der Waals surface area contributed by atoms with Crippen molar-refractivity contribution in [2.75, 3.05) is 13.7 Å². The first-order chi connectivity index (χ1) is 11.2. The third kappa shape index (κ3) is 3.36. The van der Waals surface area contributed by atoms with Gasteiger partial charge in [0.15, 0.2) is 0 Å². The number of rotatable bonds is 6. The second-order valence-corrected chi connectivity index (χ2v) is 5.86. The molecular formula is C19H22N2O2. The van der Waals surface area contributed by atoms with E-state index in [1.54, 1.807) is 13.3 Å². The molecule has 23 heavy (non-hydrogen) atoms. The molecule has 3 rings (SSSR count). The monoisotopic (exact) mass is 310 g/mol. The van der Waals surface area contributed by atoms with Crippen LogP contribution in [0.5, 0.6) is 5.75 Å². The molecule has 1 amide bonds. The van der Waals surface area contributed by atoms with Crippen LogP contribution in [0.25, 0.3) is 0 Å². The van der Waals surface area contributed by atoms with Gasteiger partial charge >= 0.3 is 0 Å². The van der Waals surface area contributed by atoms with Gasteiger partial charge in [-0.1, -0.05) is 18.2 Å². The van der Waals surface area contributed by atoms with Crippen molar-refractivity contribution >= 4 is 5.91 Å². The van der Waals surface area contributed by atoms with E-state index in [0.717, 1.165) is 29.7 Å². The Labute approximate surface area is 137 Å². The highest BCUT2D eigenvalue weighted by atomic mass is 16.5. The molecule has 0 bridgehead atoms. The summed E-state index contributed by atoms with van der Waals surface area (Å²) in [5.41, 5.74) is 2.11. The van der Waals surface area contributed by atoms with Gasteiger partial charge in [0.05, 0.1) is 13.2 Å². The van der Waals surface area contributed by atoms with Crippen LogP contribution in [0.2, 0.25) is 0 Å². The van der Waals surface area contributed by atoms with Crippen LogP contribution in [0.1, 0.15) is 36.9 Å². The van der Waals surface area contributed by atoms with Gasteiger partial charge in [0.1, 0.15) is 5.75 Å². The first-order valence-corrected chi connectivity index (χ1v) is 8.09. The lowest BCUT2D eigenvalue weighted by atomic mass is 9.97. The molecular weight excluding hydrogens is 288 g/mol.